The molecule has 21 heavy (non-hydrogen) atoms. The van der Waals surface area contributed by atoms with Crippen molar-refractivity contribution in [3.8, 4) is 0 Å². The van der Waals surface area contributed by atoms with Gasteiger partial charge in [-0.05, 0) is 48.3 Å². The lowest BCUT2D eigenvalue weighted by Crippen LogP contribution is -2.29. The monoisotopic (exact) mass is 299 g/mol. The fourth-order valence-electron chi connectivity index (χ4n) is 3.16. The molecule has 3 rings (SSSR count). The molecule has 2 aromatic rings. The summed E-state index contributed by atoms with van der Waals surface area (Å²) >= 11 is 1.77. The molecule has 0 saturated carbocycles. The van der Waals surface area contributed by atoms with Crippen LogP contribution in [0.3, 0.4) is 0 Å². The molecule has 0 saturated heterocycles. The van der Waals surface area contributed by atoms with Crippen LogP contribution < -0.4 is 0 Å². The van der Waals surface area contributed by atoms with Crippen LogP contribution in [0.25, 0.3) is 0 Å². The smallest absolute Gasteiger partial charge is 0.222 e. The number of amides is 1. The van der Waals surface area contributed by atoms with Crippen molar-refractivity contribution in [3.63, 3.8) is 0 Å². The molecule has 1 aromatic heterocycles. The molecule has 0 aliphatic heterocycles. The molecule has 1 aliphatic carbocycles. The molecular weight excluding hydrogens is 278 g/mol. The molecule has 2 nitrogen and oxygen atoms in total. The molecule has 0 bridgehead atoms. The van der Waals surface area contributed by atoms with Crippen LogP contribution in [0, 0.1) is 0 Å². The zero-order chi connectivity index (χ0) is 14.7. The highest BCUT2D eigenvalue weighted by Crippen LogP contribution is 2.35. The maximum Gasteiger partial charge on any atom is 0.222 e. The first kappa shape index (κ1) is 14.3. The number of hydrogen-bond donors (Lipinski definition) is 0. The van der Waals surface area contributed by atoms with Crippen LogP contribution in [0.4, 0.5) is 0 Å². The average Bonchev–Trinajstić information content (AvgIpc) is 3.15. The Morgan fingerprint density at radius 2 is 2.14 bits per heavy atom. The lowest BCUT2D eigenvalue weighted by molar-refractivity contribution is -0.132. The van der Waals surface area contributed by atoms with Gasteiger partial charge in [0.2, 0.25) is 5.91 Å². The van der Waals surface area contributed by atoms with Crippen molar-refractivity contribution in [1.82, 2.24) is 4.90 Å². The molecule has 3 heteroatoms. The number of thiophene rings is 1. The standard InChI is InChI=1S/C18H21NOS/c1-19(17-12-11-14-6-2-3-9-16(14)17)18(20)10-4-7-15-8-5-13-21-15/h2-3,5-6,8-9,13,17H,4,7,10-12H2,1H3. The summed E-state index contributed by atoms with van der Waals surface area (Å²) in [6.07, 6.45) is 4.75. The van der Waals surface area contributed by atoms with E-state index in [1.54, 1.807) is 11.3 Å². The number of benzene rings is 1. The number of fused-ring (bicyclic) bond motifs is 1. The van der Waals surface area contributed by atoms with Gasteiger partial charge in [0, 0.05) is 18.3 Å². The maximum absolute atomic E-state index is 12.4. The summed E-state index contributed by atoms with van der Waals surface area (Å²) in [5.74, 6) is 0.272. The lowest BCUT2D eigenvalue weighted by atomic mass is 10.1. The second-order valence-electron chi connectivity index (χ2n) is 5.69. The van der Waals surface area contributed by atoms with Crippen molar-refractivity contribution < 1.29 is 4.79 Å². The Hall–Kier alpha value is -1.61. The second kappa shape index (κ2) is 6.44. The van der Waals surface area contributed by atoms with Crippen molar-refractivity contribution in [2.45, 2.75) is 38.1 Å². The van der Waals surface area contributed by atoms with Gasteiger partial charge in [-0.2, -0.15) is 0 Å². The third kappa shape index (κ3) is 3.18. The Kier molecular flexibility index (Phi) is 4.39. The summed E-state index contributed by atoms with van der Waals surface area (Å²) in [5.41, 5.74) is 2.74. The average molecular weight is 299 g/mol. The number of aryl methyl sites for hydroxylation is 2. The van der Waals surface area contributed by atoms with Crippen LogP contribution in [-0.2, 0) is 17.6 Å². The normalized spacial score (nSPS) is 16.7. The van der Waals surface area contributed by atoms with Crippen LogP contribution in [0.5, 0.6) is 0 Å². The largest absolute Gasteiger partial charge is 0.339 e. The molecule has 110 valence electrons. The Balaban J connectivity index is 1.55. The highest BCUT2D eigenvalue weighted by atomic mass is 32.1. The fourth-order valence-corrected chi connectivity index (χ4v) is 3.91. The topological polar surface area (TPSA) is 20.3 Å². The van der Waals surface area contributed by atoms with Gasteiger partial charge in [-0.3, -0.25) is 4.79 Å². The molecule has 0 fully saturated rings. The summed E-state index contributed by atoms with van der Waals surface area (Å²) in [6, 6.07) is 13.0. The van der Waals surface area contributed by atoms with Gasteiger partial charge in [0.1, 0.15) is 0 Å². The van der Waals surface area contributed by atoms with E-state index >= 15 is 0 Å². The molecule has 1 atom stereocenters. The SMILES string of the molecule is CN(C(=O)CCCc1cccs1)C1CCc2ccccc21. The van der Waals surface area contributed by atoms with Crippen molar-refractivity contribution >= 4 is 17.2 Å². The number of carbonyl (C=O) groups excluding carboxylic acids is 1. The van der Waals surface area contributed by atoms with E-state index in [2.05, 4.69) is 41.8 Å². The van der Waals surface area contributed by atoms with Crippen molar-refractivity contribution in [2.75, 3.05) is 7.05 Å². The molecule has 0 spiro atoms. The first-order chi connectivity index (χ1) is 10.3. The maximum atomic E-state index is 12.4. The van der Waals surface area contributed by atoms with Gasteiger partial charge in [-0.15, -0.1) is 11.3 Å². The predicted octanol–water partition coefficient (Wildman–Crippen LogP) is 4.22. The molecular formula is C18H21NOS. The van der Waals surface area contributed by atoms with E-state index in [0.29, 0.717) is 6.42 Å². The van der Waals surface area contributed by atoms with Gasteiger partial charge in [-0.25, -0.2) is 0 Å². The summed E-state index contributed by atoms with van der Waals surface area (Å²) in [7, 11) is 1.96. The van der Waals surface area contributed by atoms with Crippen molar-refractivity contribution in [3.05, 3.63) is 57.8 Å². The fraction of sp³-hybridized carbons (Fsp3) is 0.389. The Morgan fingerprint density at radius 3 is 2.95 bits per heavy atom. The van der Waals surface area contributed by atoms with E-state index in [1.807, 2.05) is 11.9 Å². The molecule has 1 heterocycles. The van der Waals surface area contributed by atoms with Gasteiger partial charge in [-0.1, -0.05) is 30.3 Å². The molecule has 1 amide bonds. The first-order valence-electron chi connectivity index (χ1n) is 7.61. The van der Waals surface area contributed by atoms with Crippen molar-refractivity contribution in [1.29, 1.82) is 0 Å². The predicted molar refractivity (Wildman–Crippen MR) is 87.5 cm³/mol. The molecule has 1 aliphatic rings. The van der Waals surface area contributed by atoms with Gasteiger partial charge < -0.3 is 4.90 Å². The van der Waals surface area contributed by atoms with E-state index in [4.69, 9.17) is 0 Å². The molecule has 1 unspecified atom stereocenters. The first-order valence-corrected chi connectivity index (χ1v) is 8.49. The summed E-state index contributed by atoms with van der Waals surface area (Å²) in [5, 5.41) is 2.10. The summed E-state index contributed by atoms with van der Waals surface area (Å²) in [6.45, 7) is 0. The lowest BCUT2D eigenvalue weighted by Gasteiger charge is -2.25. The summed E-state index contributed by atoms with van der Waals surface area (Å²) in [4.78, 5) is 15.7. The van der Waals surface area contributed by atoms with Crippen LogP contribution in [-0.4, -0.2) is 17.9 Å². The second-order valence-corrected chi connectivity index (χ2v) is 6.72. The zero-order valence-corrected chi connectivity index (χ0v) is 13.2. The number of nitrogens with zero attached hydrogens (tertiary/aromatic N) is 1. The van der Waals surface area contributed by atoms with Crippen LogP contribution in [0.15, 0.2) is 41.8 Å². The van der Waals surface area contributed by atoms with Crippen LogP contribution in [0.1, 0.15) is 41.3 Å². The van der Waals surface area contributed by atoms with Crippen LogP contribution >= 0.6 is 11.3 Å². The third-order valence-electron chi connectivity index (χ3n) is 4.36. The van der Waals surface area contributed by atoms with Gasteiger partial charge in [0.05, 0.1) is 6.04 Å². The molecule has 0 radical (unpaired) electrons. The van der Waals surface area contributed by atoms with Crippen molar-refractivity contribution in [2.24, 2.45) is 0 Å². The molecule has 0 N–H and O–H groups in total. The van der Waals surface area contributed by atoms with E-state index in [1.165, 1.54) is 16.0 Å². The minimum atomic E-state index is 0.272. The van der Waals surface area contributed by atoms with E-state index < -0.39 is 0 Å². The van der Waals surface area contributed by atoms with E-state index in [0.717, 1.165) is 25.7 Å². The van der Waals surface area contributed by atoms with E-state index in [9.17, 15) is 4.79 Å². The summed E-state index contributed by atoms with van der Waals surface area (Å²) < 4.78 is 0. The van der Waals surface area contributed by atoms with Crippen LogP contribution in [0.2, 0.25) is 0 Å². The highest BCUT2D eigenvalue weighted by Gasteiger charge is 2.27. The Morgan fingerprint density at radius 1 is 1.29 bits per heavy atom. The number of rotatable bonds is 5. The van der Waals surface area contributed by atoms with E-state index in [-0.39, 0.29) is 11.9 Å². The number of carbonyl (C=O) groups is 1. The minimum absolute atomic E-state index is 0.272. The minimum Gasteiger partial charge on any atom is -0.339 e. The van der Waals surface area contributed by atoms with Gasteiger partial charge in [0.25, 0.3) is 0 Å². The van der Waals surface area contributed by atoms with Gasteiger partial charge in [0.15, 0.2) is 0 Å². The molecule has 1 aromatic carbocycles. The third-order valence-corrected chi connectivity index (χ3v) is 5.29. The Labute approximate surface area is 130 Å². The zero-order valence-electron chi connectivity index (χ0n) is 12.4. The Bertz CT molecular complexity index is 605. The highest BCUT2D eigenvalue weighted by molar-refractivity contribution is 7.09. The van der Waals surface area contributed by atoms with Gasteiger partial charge >= 0.3 is 0 Å². The number of hydrogen-bond acceptors (Lipinski definition) is 2. The quantitative estimate of drug-likeness (QED) is 0.809.